The van der Waals surface area contributed by atoms with E-state index < -0.39 is 0 Å². The molecule has 0 aliphatic carbocycles. The van der Waals surface area contributed by atoms with Crippen LogP contribution in [-0.2, 0) is 0 Å². The van der Waals surface area contributed by atoms with Crippen LogP contribution in [0.25, 0.3) is 16.9 Å². The average Bonchev–Trinajstić information content (AvgIpc) is 3.52. The van der Waals surface area contributed by atoms with Crippen molar-refractivity contribution in [1.82, 2.24) is 14.4 Å². The summed E-state index contributed by atoms with van der Waals surface area (Å²) in [4.78, 5) is 11.7. The predicted molar refractivity (Wildman–Crippen MR) is 133 cm³/mol. The van der Waals surface area contributed by atoms with Crippen LogP contribution >= 0.6 is 0 Å². The molecule has 9 nitrogen and oxygen atoms in total. The quantitative estimate of drug-likeness (QED) is 0.419. The molecule has 2 aromatic heterocycles. The zero-order chi connectivity index (χ0) is 23.1. The molecule has 174 valence electrons. The van der Waals surface area contributed by atoms with Crippen molar-refractivity contribution in [3.8, 4) is 22.8 Å². The molecule has 4 aromatic rings. The van der Waals surface area contributed by atoms with Crippen molar-refractivity contribution in [2.45, 2.75) is 12.5 Å². The topological polar surface area (TPSA) is 102 Å². The predicted octanol–water partition coefficient (Wildman–Crippen LogP) is 3.49. The summed E-state index contributed by atoms with van der Waals surface area (Å²) in [5.41, 5.74) is 11.6. The van der Waals surface area contributed by atoms with E-state index in [1.54, 1.807) is 13.3 Å². The Balaban J connectivity index is 1.35. The molecular weight excluding hydrogens is 430 g/mol. The molecule has 1 atom stereocenters. The molecule has 2 aromatic carbocycles. The minimum atomic E-state index is 0.202. The zero-order valence-corrected chi connectivity index (χ0v) is 19.0. The van der Waals surface area contributed by atoms with Gasteiger partial charge in [0.25, 0.3) is 0 Å². The molecule has 0 bridgehead atoms. The third kappa shape index (κ3) is 3.73. The first kappa shape index (κ1) is 20.6. The van der Waals surface area contributed by atoms with Gasteiger partial charge in [-0.1, -0.05) is 0 Å². The molecule has 0 radical (unpaired) electrons. The molecule has 2 aliphatic rings. The summed E-state index contributed by atoms with van der Waals surface area (Å²) in [5, 5.41) is 6.84. The SMILES string of the molecule is COc1cc(Nc2nc(-c3ccc4c(c3)NCCO4)cn3ccnc23)ccc1N1CC[C@@H](N)C1. The molecule has 0 spiro atoms. The molecule has 4 N–H and O–H groups in total. The highest BCUT2D eigenvalue weighted by atomic mass is 16.5. The number of aromatic nitrogens is 3. The normalized spacial score (nSPS) is 17.2. The summed E-state index contributed by atoms with van der Waals surface area (Å²) < 4.78 is 13.4. The standard InChI is InChI=1S/C25H27N7O2/c1-33-23-13-18(3-4-21(23)31-9-6-17(26)14-31)29-24-25-28-7-10-32(25)15-20(30-24)16-2-5-22-19(12-16)27-8-11-34-22/h2-5,7,10,12-13,15,17,27H,6,8-9,11,14,26H2,1H3,(H,29,30)/t17-/m1/s1. The van der Waals surface area contributed by atoms with Gasteiger partial charge in [0.05, 0.1) is 24.2 Å². The van der Waals surface area contributed by atoms with Gasteiger partial charge in [-0.2, -0.15) is 0 Å². The van der Waals surface area contributed by atoms with Crippen LogP contribution in [-0.4, -0.2) is 53.8 Å². The van der Waals surface area contributed by atoms with E-state index in [2.05, 4.69) is 32.7 Å². The second kappa shape index (κ2) is 8.42. The van der Waals surface area contributed by atoms with Gasteiger partial charge in [-0.15, -0.1) is 0 Å². The number of nitrogens with two attached hydrogens (primary N) is 1. The first-order chi connectivity index (χ1) is 16.7. The molecule has 34 heavy (non-hydrogen) atoms. The van der Waals surface area contributed by atoms with E-state index in [9.17, 15) is 0 Å². The summed E-state index contributed by atoms with van der Waals surface area (Å²) in [5.74, 6) is 2.33. The number of hydrogen-bond donors (Lipinski definition) is 3. The molecule has 1 saturated heterocycles. The Morgan fingerprint density at radius 2 is 2.18 bits per heavy atom. The van der Waals surface area contributed by atoms with Crippen LogP contribution < -0.4 is 30.7 Å². The fourth-order valence-corrected chi connectivity index (χ4v) is 4.61. The number of benzene rings is 2. The Kier molecular flexibility index (Phi) is 5.10. The number of imidazole rings is 1. The Hall–Kier alpha value is -3.98. The van der Waals surface area contributed by atoms with Crippen LogP contribution in [0.3, 0.4) is 0 Å². The molecule has 4 heterocycles. The number of nitrogens with one attached hydrogen (secondary N) is 2. The smallest absolute Gasteiger partial charge is 0.180 e. The third-order valence-corrected chi connectivity index (χ3v) is 6.33. The van der Waals surface area contributed by atoms with Crippen molar-refractivity contribution >= 4 is 28.5 Å². The zero-order valence-electron chi connectivity index (χ0n) is 19.0. The Morgan fingerprint density at radius 3 is 3.03 bits per heavy atom. The molecule has 0 amide bonds. The highest BCUT2D eigenvalue weighted by Crippen LogP contribution is 2.36. The first-order valence-electron chi connectivity index (χ1n) is 11.5. The lowest BCUT2D eigenvalue weighted by Crippen LogP contribution is -2.26. The van der Waals surface area contributed by atoms with E-state index in [4.69, 9.17) is 20.2 Å². The molecule has 0 saturated carbocycles. The van der Waals surface area contributed by atoms with Gasteiger partial charge in [0.15, 0.2) is 11.5 Å². The van der Waals surface area contributed by atoms with Crippen LogP contribution in [0.1, 0.15) is 6.42 Å². The van der Waals surface area contributed by atoms with Crippen molar-refractivity contribution in [2.75, 3.05) is 48.9 Å². The van der Waals surface area contributed by atoms with Crippen LogP contribution in [0, 0.1) is 0 Å². The molecule has 0 unspecified atom stereocenters. The van der Waals surface area contributed by atoms with Crippen LogP contribution in [0.5, 0.6) is 11.5 Å². The van der Waals surface area contributed by atoms with Crippen molar-refractivity contribution in [3.05, 3.63) is 55.0 Å². The third-order valence-electron chi connectivity index (χ3n) is 6.33. The van der Waals surface area contributed by atoms with Crippen molar-refractivity contribution < 1.29 is 9.47 Å². The monoisotopic (exact) mass is 457 g/mol. The number of ether oxygens (including phenoxy) is 2. The maximum atomic E-state index is 6.11. The fourth-order valence-electron chi connectivity index (χ4n) is 4.61. The number of fused-ring (bicyclic) bond motifs is 2. The molecule has 6 rings (SSSR count). The highest BCUT2D eigenvalue weighted by Gasteiger charge is 2.22. The summed E-state index contributed by atoms with van der Waals surface area (Å²) >= 11 is 0. The molecular formula is C25H27N7O2. The maximum absolute atomic E-state index is 6.11. The van der Waals surface area contributed by atoms with E-state index >= 15 is 0 Å². The Bertz CT molecular complexity index is 1350. The summed E-state index contributed by atoms with van der Waals surface area (Å²) in [7, 11) is 1.69. The summed E-state index contributed by atoms with van der Waals surface area (Å²) in [6.45, 7) is 3.23. The number of anilines is 4. The van der Waals surface area contributed by atoms with E-state index in [1.807, 2.05) is 41.1 Å². The van der Waals surface area contributed by atoms with Gasteiger partial charge in [0.1, 0.15) is 18.1 Å². The fraction of sp³-hybridized carbons (Fsp3) is 0.280. The summed E-state index contributed by atoms with van der Waals surface area (Å²) in [6.07, 6.45) is 6.67. The van der Waals surface area contributed by atoms with E-state index in [1.165, 1.54) is 0 Å². The number of nitrogens with zero attached hydrogens (tertiary/aromatic N) is 4. The van der Waals surface area contributed by atoms with Gasteiger partial charge in [-0.05, 0) is 36.8 Å². The molecule has 2 aliphatic heterocycles. The van der Waals surface area contributed by atoms with E-state index in [-0.39, 0.29) is 6.04 Å². The molecule has 1 fully saturated rings. The number of hydrogen-bond acceptors (Lipinski definition) is 8. The maximum Gasteiger partial charge on any atom is 0.180 e. The van der Waals surface area contributed by atoms with Crippen molar-refractivity contribution in [2.24, 2.45) is 5.73 Å². The minimum Gasteiger partial charge on any atom is -0.495 e. The van der Waals surface area contributed by atoms with Crippen LogP contribution in [0.4, 0.5) is 22.9 Å². The largest absolute Gasteiger partial charge is 0.495 e. The number of rotatable bonds is 5. The van der Waals surface area contributed by atoms with Crippen molar-refractivity contribution in [1.29, 1.82) is 0 Å². The van der Waals surface area contributed by atoms with Gasteiger partial charge in [0.2, 0.25) is 0 Å². The van der Waals surface area contributed by atoms with E-state index in [0.29, 0.717) is 12.4 Å². The van der Waals surface area contributed by atoms with Crippen LogP contribution in [0.2, 0.25) is 0 Å². The van der Waals surface area contributed by atoms with E-state index in [0.717, 1.165) is 71.5 Å². The Labute approximate surface area is 197 Å². The molecule has 9 heteroatoms. The van der Waals surface area contributed by atoms with Gasteiger partial charge < -0.3 is 35.1 Å². The van der Waals surface area contributed by atoms with Crippen molar-refractivity contribution in [3.63, 3.8) is 0 Å². The lowest BCUT2D eigenvalue weighted by atomic mass is 10.1. The average molecular weight is 458 g/mol. The van der Waals surface area contributed by atoms with Gasteiger partial charge >= 0.3 is 0 Å². The van der Waals surface area contributed by atoms with Gasteiger partial charge in [-0.25, -0.2) is 9.97 Å². The van der Waals surface area contributed by atoms with Crippen LogP contribution in [0.15, 0.2) is 55.0 Å². The second-order valence-electron chi connectivity index (χ2n) is 8.63. The minimum absolute atomic E-state index is 0.202. The number of methoxy groups -OCH3 is 1. The van der Waals surface area contributed by atoms with Gasteiger partial charge in [-0.3, -0.25) is 0 Å². The summed E-state index contributed by atoms with van der Waals surface area (Å²) in [6, 6.07) is 12.4. The lowest BCUT2D eigenvalue weighted by molar-refractivity contribution is 0.323. The highest BCUT2D eigenvalue weighted by molar-refractivity contribution is 5.77. The first-order valence-corrected chi connectivity index (χ1v) is 11.5. The second-order valence-corrected chi connectivity index (χ2v) is 8.63. The Morgan fingerprint density at radius 1 is 1.24 bits per heavy atom. The lowest BCUT2D eigenvalue weighted by Gasteiger charge is -2.22. The van der Waals surface area contributed by atoms with Gasteiger partial charge in [0, 0.05) is 61.6 Å².